The Balaban J connectivity index is 1.51. The number of carbonyl (C=O) groups excluding carboxylic acids is 3. The number of aryl methyl sites for hydroxylation is 1. The Morgan fingerprint density at radius 3 is 2.63 bits per heavy atom. The van der Waals surface area contributed by atoms with Crippen LogP contribution in [0.4, 0.5) is 0 Å². The fourth-order valence-corrected chi connectivity index (χ4v) is 5.40. The average Bonchev–Trinajstić information content (AvgIpc) is 3.43. The fraction of sp³-hybridized carbons (Fsp3) is 0.333. The second-order valence-electron chi connectivity index (χ2n) is 8.73. The van der Waals surface area contributed by atoms with E-state index in [0.717, 1.165) is 27.4 Å². The molecular formula is C27H29N3O4S. The molecule has 4 rings (SSSR count). The molecule has 0 radical (unpaired) electrons. The largest absolute Gasteiger partial charge is 0.385 e. The minimum atomic E-state index is -1.21. The summed E-state index contributed by atoms with van der Waals surface area (Å²) >= 11 is 1.52. The lowest BCUT2D eigenvalue weighted by Crippen LogP contribution is -2.43. The molecule has 35 heavy (non-hydrogen) atoms. The number of aromatic nitrogens is 1. The monoisotopic (exact) mass is 491 g/mol. The van der Waals surface area contributed by atoms with E-state index in [1.54, 1.807) is 7.11 Å². The van der Waals surface area contributed by atoms with Gasteiger partial charge in [0.1, 0.15) is 5.01 Å². The molecular weight excluding hydrogens is 462 g/mol. The molecule has 1 saturated heterocycles. The van der Waals surface area contributed by atoms with Crippen LogP contribution >= 0.6 is 11.3 Å². The van der Waals surface area contributed by atoms with Crippen LogP contribution < -0.4 is 5.32 Å². The fourth-order valence-electron chi connectivity index (χ4n) is 4.57. The van der Waals surface area contributed by atoms with E-state index < -0.39 is 5.41 Å². The minimum Gasteiger partial charge on any atom is -0.385 e. The maximum atomic E-state index is 13.6. The van der Waals surface area contributed by atoms with E-state index in [2.05, 4.69) is 10.3 Å². The van der Waals surface area contributed by atoms with E-state index in [1.807, 2.05) is 66.9 Å². The first-order valence-electron chi connectivity index (χ1n) is 11.6. The third kappa shape index (κ3) is 5.33. The van der Waals surface area contributed by atoms with Crippen molar-refractivity contribution in [2.75, 3.05) is 20.3 Å². The Morgan fingerprint density at radius 1 is 1.14 bits per heavy atom. The van der Waals surface area contributed by atoms with Crippen LogP contribution in [0.2, 0.25) is 0 Å². The second kappa shape index (κ2) is 10.9. The van der Waals surface area contributed by atoms with Gasteiger partial charge in [-0.1, -0.05) is 54.6 Å². The third-order valence-electron chi connectivity index (χ3n) is 6.30. The molecule has 1 aliphatic heterocycles. The first-order valence-corrected chi connectivity index (χ1v) is 12.5. The van der Waals surface area contributed by atoms with Gasteiger partial charge in [0, 0.05) is 44.0 Å². The quantitative estimate of drug-likeness (QED) is 0.344. The Kier molecular flexibility index (Phi) is 7.73. The van der Waals surface area contributed by atoms with E-state index in [0.29, 0.717) is 13.0 Å². The van der Waals surface area contributed by atoms with E-state index in [4.69, 9.17) is 4.74 Å². The lowest BCUT2D eigenvalue weighted by molar-refractivity contribution is -0.141. The average molecular weight is 492 g/mol. The van der Waals surface area contributed by atoms with Gasteiger partial charge < -0.3 is 10.1 Å². The summed E-state index contributed by atoms with van der Waals surface area (Å²) in [6, 6.07) is 17.3. The molecule has 8 heteroatoms. The van der Waals surface area contributed by atoms with Crippen molar-refractivity contribution < 1.29 is 19.1 Å². The summed E-state index contributed by atoms with van der Waals surface area (Å²) in [5, 5.41) is 5.71. The molecule has 0 aliphatic carbocycles. The third-order valence-corrected chi connectivity index (χ3v) is 7.24. The molecule has 0 spiro atoms. The normalized spacial score (nSPS) is 17.7. The molecule has 182 valence electrons. The Morgan fingerprint density at radius 2 is 1.89 bits per heavy atom. The van der Waals surface area contributed by atoms with Crippen LogP contribution in [-0.2, 0) is 31.1 Å². The van der Waals surface area contributed by atoms with Gasteiger partial charge in [-0.25, -0.2) is 4.98 Å². The zero-order chi connectivity index (χ0) is 24.8. The maximum Gasteiger partial charge on any atom is 0.240 e. The number of rotatable bonds is 10. The lowest BCUT2D eigenvalue weighted by Gasteiger charge is -2.28. The van der Waals surface area contributed by atoms with Crippen LogP contribution in [0.5, 0.6) is 0 Å². The number of amides is 3. The standard InChI is InChI=1S/C27H29N3O4S/c1-19-9-6-7-12-22(19)27(16-24(32)30(26(27)33)13-8-14-34-2)15-23(31)28-17-21-18-35-25(29-21)20-10-4-3-5-11-20/h3-7,9-12,18H,8,13-17H2,1-2H3,(H,28,31)/t27-/m1/s1. The summed E-state index contributed by atoms with van der Waals surface area (Å²) in [4.78, 5) is 45.6. The summed E-state index contributed by atoms with van der Waals surface area (Å²) in [6.45, 7) is 2.89. The first-order chi connectivity index (χ1) is 16.9. The Hall–Kier alpha value is -3.36. The number of ether oxygens (including phenoxy) is 1. The van der Waals surface area contributed by atoms with Crippen molar-refractivity contribution in [1.29, 1.82) is 0 Å². The molecule has 3 aromatic rings. The van der Waals surface area contributed by atoms with Crippen molar-refractivity contribution in [3.63, 3.8) is 0 Å². The minimum absolute atomic E-state index is 0.0219. The topological polar surface area (TPSA) is 88.6 Å². The van der Waals surface area contributed by atoms with Gasteiger partial charge in [0.05, 0.1) is 17.7 Å². The molecule has 1 atom stereocenters. The zero-order valence-electron chi connectivity index (χ0n) is 20.0. The molecule has 1 aliphatic rings. The molecule has 2 heterocycles. The summed E-state index contributed by atoms with van der Waals surface area (Å²) in [5.41, 5.74) is 2.17. The lowest BCUT2D eigenvalue weighted by atomic mass is 9.74. The second-order valence-corrected chi connectivity index (χ2v) is 9.59. The Bertz CT molecular complexity index is 1210. The molecule has 1 fully saturated rings. The van der Waals surface area contributed by atoms with Crippen molar-refractivity contribution in [2.45, 2.75) is 38.1 Å². The van der Waals surface area contributed by atoms with Crippen LogP contribution in [0.3, 0.4) is 0 Å². The molecule has 0 bridgehead atoms. The zero-order valence-corrected chi connectivity index (χ0v) is 20.8. The number of thiazole rings is 1. The number of methoxy groups -OCH3 is 1. The highest BCUT2D eigenvalue weighted by Gasteiger charge is 2.53. The van der Waals surface area contributed by atoms with Gasteiger partial charge in [0.25, 0.3) is 0 Å². The molecule has 1 N–H and O–H groups in total. The van der Waals surface area contributed by atoms with Crippen LogP contribution in [0.15, 0.2) is 60.0 Å². The van der Waals surface area contributed by atoms with Crippen LogP contribution in [0, 0.1) is 6.92 Å². The highest BCUT2D eigenvalue weighted by atomic mass is 32.1. The Labute approximate surface area is 209 Å². The number of likely N-dealkylation sites (tertiary alicyclic amines) is 1. The molecule has 0 saturated carbocycles. The van der Waals surface area contributed by atoms with E-state index in [-0.39, 0.29) is 43.7 Å². The van der Waals surface area contributed by atoms with Crippen molar-refractivity contribution in [3.8, 4) is 10.6 Å². The number of benzene rings is 2. The van der Waals surface area contributed by atoms with Gasteiger partial charge in [-0.2, -0.15) is 0 Å². The molecule has 7 nitrogen and oxygen atoms in total. The number of carbonyl (C=O) groups is 3. The van der Waals surface area contributed by atoms with Crippen LogP contribution in [0.25, 0.3) is 10.6 Å². The summed E-state index contributed by atoms with van der Waals surface area (Å²) in [5.74, 6) is -0.861. The molecule has 3 amide bonds. The summed E-state index contributed by atoms with van der Waals surface area (Å²) in [7, 11) is 1.58. The number of hydrogen-bond donors (Lipinski definition) is 1. The van der Waals surface area contributed by atoms with Gasteiger partial charge in [-0.05, 0) is 24.5 Å². The van der Waals surface area contributed by atoms with Gasteiger partial charge >= 0.3 is 0 Å². The number of nitrogens with zero attached hydrogens (tertiary/aromatic N) is 2. The maximum absolute atomic E-state index is 13.6. The predicted octanol–water partition coefficient (Wildman–Crippen LogP) is 3.86. The highest BCUT2D eigenvalue weighted by Crippen LogP contribution is 2.41. The SMILES string of the molecule is COCCCN1C(=O)C[C@](CC(=O)NCc2csc(-c3ccccc3)n2)(c2ccccc2C)C1=O. The predicted molar refractivity (Wildman–Crippen MR) is 135 cm³/mol. The summed E-state index contributed by atoms with van der Waals surface area (Å²) < 4.78 is 5.08. The first kappa shape index (κ1) is 24.8. The molecule has 1 aromatic heterocycles. The van der Waals surface area contributed by atoms with E-state index >= 15 is 0 Å². The van der Waals surface area contributed by atoms with Gasteiger partial charge in [-0.15, -0.1) is 11.3 Å². The van der Waals surface area contributed by atoms with Gasteiger partial charge in [0.15, 0.2) is 0 Å². The molecule has 0 unspecified atom stereocenters. The van der Waals surface area contributed by atoms with Crippen molar-refractivity contribution in [2.24, 2.45) is 0 Å². The van der Waals surface area contributed by atoms with E-state index in [9.17, 15) is 14.4 Å². The van der Waals surface area contributed by atoms with Crippen LogP contribution in [0.1, 0.15) is 36.1 Å². The highest BCUT2D eigenvalue weighted by molar-refractivity contribution is 7.13. The van der Waals surface area contributed by atoms with Gasteiger partial charge in [0.2, 0.25) is 17.7 Å². The molecule has 2 aromatic carbocycles. The van der Waals surface area contributed by atoms with Crippen LogP contribution in [-0.4, -0.2) is 47.9 Å². The number of imide groups is 1. The number of nitrogens with one attached hydrogen (secondary N) is 1. The van der Waals surface area contributed by atoms with Crippen molar-refractivity contribution in [3.05, 3.63) is 76.8 Å². The smallest absolute Gasteiger partial charge is 0.240 e. The number of hydrogen-bond acceptors (Lipinski definition) is 6. The van der Waals surface area contributed by atoms with Gasteiger partial charge in [-0.3, -0.25) is 19.3 Å². The van der Waals surface area contributed by atoms with Crippen molar-refractivity contribution in [1.82, 2.24) is 15.2 Å². The van der Waals surface area contributed by atoms with E-state index in [1.165, 1.54) is 16.2 Å². The van der Waals surface area contributed by atoms with Crippen molar-refractivity contribution >= 4 is 29.1 Å². The summed E-state index contributed by atoms with van der Waals surface area (Å²) in [6.07, 6.45) is 0.433.